The number of benzene rings is 2. The average Bonchev–Trinajstić information content (AvgIpc) is 2.67. The van der Waals surface area contributed by atoms with Crippen LogP contribution in [0, 0.1) is 0 Å². The third-order valence-electron chi connectivity index (χ3n) is 4.22. The Labute approximate surface area is 136 Å². The van der Waals surface area contributed by atoms with E-state index in [9.17, 15) is 5.11 Å². The van der Waals surface area contributed by atoms with Crippen LogP contribution in [0.3, 0.4) is 0 Å². The number of halogens is 1. The van der Waals surface area contributed by atoms with E-state index in [0.717, 1.165) is 43.5 Å². The molecule has 1 heterocycles. The fourth-order valence-corrected chi connectivity index (χ4v) is 3.24. The lowest BCUT2D eigenvalue weighted by atomic mass is 10.0. The minimum absolute atomic E-state index is 0.160. The van der Waals surface area contributed by atoms with E-state index in [1.807, 2.05) is 6.07 Å². The van der Waals surface area contributed by atoms with Crippen molar-refractivity contribution in [1.29, 1.82) is 0 Å². The van der Waals surface area contributed by atoms with Crippen LogP contribution >= 0.6 is 11.6 Å². The largest absolute Gasteiger partial charge is 0.506 e. The van der Waals surface area contributed by atoms with Crippen molar-refractivity contribution in [3.8, 4) is 5.75 Å². The number of phenolic OH excluding ortho intramolecular Hbond substituents is 1. The molecule has 116 valence electrons. The van der Waals surface area contributed by atoms with Gasteiger partial charge in [-0.2, -0.15) is 0 Å². The quantitative estimate of drug-likeness (QED) is 0.838. The molecule has 0 spiro atoms. The molecule has 3 N–H and O–H groups in total. The van der Waals surface area contributed by atoms with Crippen molar-refractivity contribution in [2.24, 2.45) is 5.73 Å². The van der Waals surface area contributed by atoms with Crippen molar-refractivity contribution < 1.29 is 5.11 Å². The van der Waals surface area contributed by atoms with Crippen LogP contribution in [0.2, 0.25) is 5.02 Å². The highest BCUT2D eigenvalue weighted by atomic mass is 35.5. The molecular weight excluding hydrogens is 296 g/mol. The summed E-state index contributed by atoms with van der Waals surface area (Å²) < 4.78 is 0. The van der Waals surface area contributed by atoms with Gasteiger partial charge in [-0.05, 0) is 61.6 Å². The molecule has 0 aliphatic carbocycles. The van der Waals surface area contributed by atoms with Gasteiger partial charge in [-0.1, -0.05) is 29.8 Å². The van der Waals surface area contributed by atoms with Crippen molar-refractivity contribution in [1.82, 2.24) is 0 Å². The zero-order valence-corrected chi connectivity index (χ0v) is 13.3. The molecule has 0 bridgehead atoms. The first kappa shape index (κ1) is 15.2. The Morgan fingerprint density at radius 1 is 1.05 bits per heavy atom. The molecule has 0 saturated heterocycles. The summed E-state index contributed by atoms with van der Waals surface area (Å²) in [6.07, 6.45) is 3.91. The Morgan fingerprint density at radius 3 is 2.64 bits per heavy atom. The van der Waals surface area contributed by atoms with E-state index >= 15 is 0 Å². The number of nitrogens with zero attached hydrogens (tertiary/aromatic N) is 1. The SMILES string of the molecule is NCCCCN1c2ccccc2CCc2cc(O)c(Cl)cc21. The maximum Gasteiger partial charge on any atom is 0.134 e. The number of aromatic hydroxyl groups is 1. The molecule has 0 radical (unpaired) electrons. The lowest BCUT2D eigenvalue weighted by Crippen LogP contribution is -2.20. The maximum atomic E-state index is 9.92. The average molecular weight is 317 g/mol. The van der Waals surface area contributed by atoms with Crippen LogP contribution < -0.4 is 10.6 Å². The van der Waals surface area contributed by atoms with Crippen LogP contribution in [0.1, 0.15) is 24.0 Å². The van der Waals surface area contributed by atoms with Crippen LogP contribution in [0.25, 0.3) is 0 Å². The molecule has 22 heavy (non-hydrogen) atoms. The lowest BCUT2D eigenvalue weighted by molar-refractivity contribution is 0.475. The second-order valence-electron chi connectivity index (χ2n) is 5.71. The summed E-state index contributed by atoms with van der Waals surface area (Å²) in [4.78, 5) is 2.32. The summed E-state index contributed by atoms with van der Waals surface area (Å²) in [5.74, 6) is 0.160. The maximum absolute atomic E-state index is 9.92. The summed E-state index contributed by atoms with van der Waals surface area (Å²) in [6.45, 7) is 1.61. The number of hydrogen-bond acceptors (Lipinski definition) is 3. The predicted molar refractivity (Wildman–Crippen MR) is 92.3 cm³/mol. The summed E-state index contributed by atoms with van der Waals surface area (Å²) in [6, 6.07) is 12.2. The summed E-state index contributed by atoms with van der Waals surface area (Å²) in [7, 11) is 0. The van der Waals surface area contributed by atoms with Crippen molar-refractivity contribution in [3.05, 3.63) is 52.5 Å². The molecule has 0 amide bonds. The van der Waals surface area contributed by atoms with Gasteiger partial charge in [0, 0.05) is 17.9 Å². The first-order valence-electron chi connectivity index (χ1n) is 7.77. The normalized spacial score (nSPS) is 13.5. The van der Waals surface area contributed by atoms with Gasteiger partial charge in [0.05, 0.1) is 5.02 Å². The Morgan fingerprint density at radius 2 is 1.82 bits per heavy atom. The van der Waals surface area contributed by atoms with E-state index in [4.69, 9.17) is 17.3 Å². The number of nitrogens with two attached hydrogens (primary N) is 1. The van der Waals surface area contributed by atoms with E-state index in [1.54, 1.807) is 6.07 Å². The topological polar surface area (TPSA) is 49.5 Å². The molecule has 3 rings (SSSR count). The number of hydrogen-bond donors (Lipinski definition) is 2. The van der Waals surface area contributed by atoms with Gasteiger partial charge in [-0.15, -0.1) is 0 Å². The molecule has 0 atom stereocenters. The molecule has 0 aromatic heterocycles. The first-order chi connectivity index (χ1) is 10.7. The number of para-hydroxylation sites is 1. The molecule has 2 aromatic carbocycles. The smallest absolute Gasteiger partial charge is 0.134 e. The Hall–Kier alpha value is -1.71. The van der Waals surface area contributed by atoms with Crippen molar-refractivity contribution >= 4 is 23.0 Å². The number of anilines is 2. The van der Waals surface area contributed by atoms with E-state index in [2.05, 4.69) is 29.2 Å². The highest BCUT2D eigenvalue weighted by Gasteiger charge is 2.21. The first-order valence-corrected chi connectivity index (χ1v) is 8.15. The number of rotatable bonds is 4. The Bertz CT molecular complexity index is 672. The zero-order valence-electron chi connectivity index (χ0n) is 12.6. The summed E-state index contributed by atoms with van der Waals surface area (Å²) in [5.41, 5.74) is 10.5. The fraction of sp³-hybridized carbons (Fsp3) is 0.333. The number of aryl methyl sites for hydroxylation is 2. The van der Waals surface area contributed by atoms with Gasteiger partial charge in [0.2, 0.25) is 0 Å². The van der Waals surface area contributed by atoms with Crippen LogP contribution in [-0.4, -0.2) is 18.2 Å². The monoisotopic (exact) mass is 316 g/mol. The predicted octanol–water partition coefficient (Wildman–Crippen LogP) is 4.02. The van der Waals surface area contributed by atoms with E-state index < -0.39 is 0 Å². The second-order valence-corrected chi connectivity index (χ2v) is 6.12. The zero-order chi connectivity index (χ0) is 15.5. The molecule has 1 aliphatic heterocycles. The van der Waals surface area contributed by atoms with Gasteiger partial charge in [0.1, 0.15) is 5.75 Å². The summed E-state index contributed by atoms with van der Waals surface area (Å²) >= 11 is 6.16. The van der Waals surface area contributed by atoms with Gasteiger partial charge >= 0.3 is 0 Å². The highest BCUT2D eigenvalue weighted by Crippen LogP contribution is 2.40. The third kappa shape index (κ3) is 2.92. The molecule has 1 aliphatic rings. The van der Waals surface area contributed by atoms with Gasteiger partial charge in [0.15, 0.2) is 0 Å². The van der Waals surface area contributed by atoms with Gasteiger partial charge < -0.3 is 15.7 Å². The van der Waals surface area contributed by atoms with E-state index in [-0.39, 0.29) is 5.75 Å². The van der Waals surface area contributed by atoms with Crippen LogP contribution in [0.5, 0.6) is 5.75 Å². The molecular formula is C18H21ClN2O. The minimum Gasteiger partial charge on any atom is -0.506 e. The Balaban J connectivity index is 2.06. The van der Waals surface area contributed by atoms with Crippen molar-refractivity contribution in [2.45, 2.75) is 25.7 Å². The van der Waals surface area contributed by atoms with Crippen LogP contribution in [0.4, 0.5) is 11.4 Å². The number of unbranched alkanes of at least 4 members (excludes halogenated alkanes) is 1. The van der Waals surface area contributed by atoms with Gasteiger partial charge in [-0.25, -0.2) is 0 Å². The summed E-state index contributed by atoms with van der Waals surface area (Å²) in [5, 5.41) is 10.3. The Kier molecular flexibility index (Phi) is 4.55. The molecule has 0 unspecified atom stereocenters. The molecule has 2 aromatic rings. The van der Waals surface area contributed by atoms with Crippen molar-refractivity contribution in [3.63, 3.8) is 0 Å². The van der Waals surface area contributed by atoms with Crippen LogP contribution in [-0.2, 0) is 12.8 Å². The fourth-order valence-electron chi connectivity index (χ4n) is 3.09. The minimum atomic E-state index is 0.160. The van der Waals surface area contributed by atoms with Gasteiger partial charge in [-0.3, -0.25) is 0 Å². The number of phenols is 1. The molecule has 3 nitrogen and oxygen atoms in total. The standard InChI is InChI=1S/C18H21ClN2O/c19-15-12-17-14(11-18(15)22)8-7-13-5-1-2-6-16(13)21(17)10-4-3-9-20/h1-2,5-6,11-12,22H,3-4,7-10,20H2. The third-order valence-corrected chi connectivity index (χ3v) is 4.52. The van der Waals surface area contributed by atoms with E-state index in [0.29, 0.717) is 11.6 Å². The highest BCUT2D eigenvalue weighted by molar-refractivity contribution is 6.32. The van der Waals surface area contributed by atoms with E-state index in [1.165, 1.54) is 11.3 Å². The lowest BCUT2D eigenvalue weighted by Gasteiger charge is -2.27. The van der Waals surface area contributed by atoms with Gasteiger partial charge in [0.25, 0.3) is 0 Å². The number of fused-ring (bicyclic) bond motifs is 2. The second kappa shape index (κ2) is 6.59. The van der Waals surface area contributed by atoms with Crippen LogP contribution in [0.15, 0.2) is 36.4 Å². The molecule has 0 saturated carbocycles. The van der Waals surface area contributed by atoms with Crippen molar-refractivity contribution in [2.75, 3.05) is 18.0 Å². The molecule has 4 heteroatoms. The molecule has 0 fully saturated rings.